The molecule has 0 aromatic heterocycles. The molecule has 1 saturated heterocycles. The van der Waals surface area contributed by atoms with Crippen molar-refractivity contribution in [2.24, 2.45) is 0 Å². The zero-order valence-corrected chi connectivity index (χ0v) is 14.2. The standard InChI is InChI=1S/C16H19NO3S2/c1-12-13(2)21(18)11-10-17(12)22(19,20)16-9-5-7-14-6-3-4-8-15(14)16/h3-9,12-13H,10-11H2,1-2H3. The van der Waals surface area contributed by atoms with Crippen molar-refractivity contribution < 1.29 is 12.6 Å². The van der Waals surface area contributed by atoms with Crippen LogP contribution in [-0.4, -0.2) is 40.5 Å². The third kappa shape index (κ3) is 2.49. The van der Waals surface area contributed by atoms with Crippen LogP contribution in [0.1, 0.15) is 13.8 Å². The Hall–Kier alpha value is -1.24. The van der Waals surface area contributed by atoms with Gasteiger partial charge >= 0.3 is 0 Å². The smallest absolute Gasteiger partial charge is 0.243 e. The van der Waals surface area contributed by atoms with E-state index in [1.54, 1.807) is 12.1 Å². The van der Waals surface area contributed by atoms with Crippen molar-refractivity contribution in [1.29, 1.82) is 0 Å². The second kappa shape index (κ2) is 5.76. The highest BCUT2D eigenvalue weighted by Gasteiger charge is 2.38. The second-order valence-electron chi connectivity index (χ2n) is 5.62. The molecule has 3 atom stereocenters. The zero-order valence-electron chi connectivity index (χ0n) is 12.6. The van der Waals surface area contributed by atoms with Gasteiger partial charge < -0.3 is 0 Å². The lowest BCUT2D eigenvalue weighted by atomic mass is 10.1. The molecule has 3 rings (SSSR count). The van der Waals surface area contributed by atoms with E-state index in [0.717, 1.165) is 10.8 Å². The maximum Gasteiger partial charge on any atom is 0.243 e. The molecule has 0 aliphatic carbocycles. The second-order valence-corrected chi connectivity index (χ2v) is 9.40. The monoisotopic (exact) mass is 337 g/mol. The molecule has 22 heavy (non-hydrogen) atoms. The van der Waals surface area contributed by atoms with Crippen LogP contribution >= 0.6 is 0 Å². The average Bonchev–Trinajstić information content (AvgIpc) is 2.52. The topological polar surface area (TPSA) is 54.5 Å². The first-order valence-electron chi connectivity index (χ1n) is 7.29. The van der Waals surface area contributed by atoms with Crippen LogP contribution in [0.4, 0.5) is 0 Å². The first kappa shape index (κ1) is 15.6. The van der Waals surface area contributed by atoms with Crippen molar-refractivity contribution in [3.05, 3.63) is 42.5 Å². The van der Waals surface area contributed by atoms with E-state index in [2.05, 4.69) is 0 Å². The minimum absolute atomic E-state index is 0.154. The summed E-state index contributed by atoms with van der Waals surface area (Å²) in [6, 6.07) is 12.5. The molecule has 0 spiro atoms. The van der Waals surface area contributed by atoms with E-state index in [1.165, 1.54) is 4.31 Å². The first-order valence-corrected chi connectivity index (χ1v) is 10.1. The summed E-state index contributed by atoms with van der Waals surface area (Å²) in [5, 5.41) is 1.49. The van der Waals surface area contributed by atoms with Crippen molar-refractivity contribution in [1.82, 2.24) is 4.31 Å². The summed E-state index contributed by atoms with van der Waals surface area (Å²) in [6.07, 6.45) is 0. The molecule has 0 amide bonds. The Morgan fingerprint density at radius 2 is 1.77 bits per heavy atom. The number of fused-ring (bicyclic) bond motifs is 1. The van der Waals surface area contributed by atoms with Crippen LogP contribution < -0.4 is 0 Å². The van der Waals surface area contributed by atoms with E-state index >= 15 is 0 Å². The molecule has 0 saturated carbocycles. The highest BCUT2D eigenvalue weighted by molar-refractivity contribution is 7.90. The van der Waals surface area contributed by atoms with E-state index in [9.17, 15) is 12.6 Å². The molecule has 1 aliphatic rings. The third-order valence-electron chi connectivity index (χ3n) is 4.40. The van der Waals surface area contributed by atoms with E-state index in [4.69, 9.17) is 0 Å². The van der Waals surface area contributed by atoms with Crippen molar-refractivity contribution in [3.63, 3.8) is 0 Å². The van der Waals surface area contributed by atoms with Gasteiger partial charge in [0, 0.05) is 39.8 Å². The summed E-state index contributed by atoms with van der Waals surface area (Å²) in [4.78, 5) is 0.331. The molecule has 2 aromatic rings. The highest BCUT2D eigenvalue weighted by atomic mass is 32.2. The van der Waals surface area contributed by atoms with Gasteiger partial charge in [-0.25, -0.2) is 8.42 Å². The van der Waals surface area contributed by atoms with Gasteiger partial charge in [0.2, 0.25) is 10.0 Å². The van der Waals surface area contributed by atoms with Crippen LogP contribution in [0.25, 0.3) is 10.8 Å². The summed E-state index contributed by atoms with van der Waals surface area (Å²) in [5.74, 6) is 0.398. The lowest BCUT2D eigenvalue weighted by Gasteiger charge is -2.36. The molecule has 0 N–H and O–H groups in total. The van der Waals surface area contributed by atoms with Crippen molar-refractivity contribution in [3.8, 4) is 0 Å². The highest BCUT2D eigenvalue weighted by Crippen LogP contribution is 2.29. The Balaban J connectivity index is 2.11. The van der Waals surface area contributed by atoms with Gasteiger partial charge in [0.05, 0.1) is 4.90 Å². The van der Waals surface area contributed by atoms with Crippen LogP contribution in [0.15, 0.2) is 47.4 Å². The summed E-state index contributed by atoms with van der Waals surface area (Å²) < 4.78 is 39.6. The minimum Gasteiger partial charge on any atom is -0.259 e. The van der Waals surface area contributed by atoms with Gasteiger partial charge in [-0.05, 0) is 25.3 Å². The van der Waals surface area contributed by atoms with Crippen molar-refractivity contribution in [2.45, 2.75) is 30.0 Å². The van der Waals surface area contributed by atoms with E-state index in [1.807, 2.05) is 44.2 Å². The van der Waals surface area contributed by atoms with E-state index < -0.39 is 20.8 Å². The SMILES string of the molecule is CC1C(C)S(=O)CCN1S(=O)(=O)c1cccc2ccccc12. The molecule has 2 aromatic carbocycles. The Bertz CT molecular complexity index is 827. The Kier molecular flexibility index (Phi) is 4.09. The molecule has 118 valence electrons. The Labute approximate surface area is 133 Å². The Morgan fingerprint density at radius 1 is 1.09 bits per heavy atom. The Morgan fingerprint density at radius 3 is 2.55 bits per heavy atom. The van der Waals surface area contributed by atoms with Gasteiger partial charge in [-0.15, -0.1) is 0 Å². The largest absolute Gasteiger partial charge is 0.259 e. The molecular formula is C16H19NO3S2. The molecule has 1 fully saturated rings. The molecule has 4 nitrogen and oxygen atoms in total. The lowest BCUT2D eigenvalue weighted by Crippen LogP contribution is -2.52. The summed E-state index contributed by atoms with van der Waals surface area (Å²) in [7, 11) is -4.56. The van der Waals surface area contributed by atoms with Crippen LogP contribution in [0.3, 0.4) is 0 Å². The number of benzene rings is 2. The maximum absolute atomic E-state index is 13.1. The molecule has 0 bridgehead atoms. The predicted octanol–water partition coefficient (Wildman–Crippen LogP) is 2.37. The van der Waals surface area contributed by atoms with Crippen molar-refractivity contribution in [2.75, 3.05) is 12.3 Å². The fraction of sp³-hybridized carbons (Fsp3) is 0.375. The number of hydrogen-bond donors (Lipinski definition) is 0. The number of sulfonamides is 1. The molecule has 0 radical (unpaired) electrons. The van der Waals surface area contributed by atoms with Gasteiger partial charge in [0.1, 0.15) is 0 Å². The maximum atomic E-state index is 13.1. The van der Waals surface area contributed by atoms with Gasteiger partial charge in [-0.3, -0.25) is 4.21 Å². The van der Waals surface area contributed by atoms with Gasteiger partial charge in [-0.2, -0.15) is 4.31 Å². The van der Waals surface area contributed by atoms with Crippen LogP contribution in [0.2, 0.25) is 0 Å². The average molecular weight is 337 g/mol. The third-order valence-corrected chi connectivity index (χ3v) is 8.25. The first-order chi connectivity index (χ1) is 10.4. The fourth-order valence-electron chi connectivity index (χ4n) is 2.91. The summed E-state index contributed by atoms with van der Waals surface area (Å²) in [5.41, 5.74) is 0. The van der Waals surface area contributed by atoms with E-state index in [0.29, 0.717) is 17.2 Å². The lowest BCUT2D eigenvalue weighted by molar-refractivity contribution is 0.335. The van der Waals surface area contributed by atoms with Gasteiger partial charge in [0.25, 0.3) is 0 Å². The summed E-state index contributed by atoms with van der Waals surface area (Å²) in [6.45, 7) is 4.00. The number of rotatable bonds is 2. The quantitative estimate of drug-likeness (QED) is 0.845. The van der Waals surface area contributed by atoms with E-state index in [-0.39, 0.29) is 11.3 Å². The van der Waals surface area contributed by atoms with Crippen molar-refractivity contribution >= 4 is 31.6 Å². The van der Waals surface area contributed by atoms with Crippen LogP contribution in [0.5, 0.6) is 0 Å². The molecule has 6 heteroatoms. The molecule has 3 unspecified atom stereocenters. The fourth-order valence-corrected chi connectivity index (χ4v) is 6.36. The summed E-state index contributed by atoms with van der Waals surface area (Å²) >= 11 is 0. The van der Waals surface area contributed by atoms with Crippen LogP contribution in [0, 0.1) is 0 Å². The molecule has 1 aliphatic heterocycles. The predicted molar refractivity (Wildman–Crippen MR) is 89.8 cm³/mol. The number of hydrogen-bond acceptors (Lipinski definition) is 3. The normalized spacial score (nSPS) is 27.1. The van der Waals surface area contributed by atoms with Crippen LogP contribution in [-0.2, 0) is 20.8 Å². The minimum atomic E-state index is -3.60. The van der Waals surface area contributed by atoms with Gasteiger partial charge in [0.15, 0.2) is 0 Å². The van der Waals surface area contributed by atoms with Gasteiger partial charge in [-0.1, -0.05) is 36.4 Å². The molecular weight excluding hydrogens is 318 g/mol. The molecule has 1 heterocycles. The number of nitrogens with zero attached hydrogens (tertiary/aromatic N) is 1. The zero-order chi connectivity index (χ0) is 15.9.